The Balaban J connectivity index is 1.61. The number of ether oxygens (including phenoxy) is 2. The fourth-order valence-corrected chi connectivity index (χ4v) is 4.95. The number of hydrogen-bond acceptors (Lipinski definition) is 6. The van der Waals surface area contributed by atoms with E-state index in [0.717, 1.165) is 17.5 Å². The first-order chi connectivity index (χ1) is 16.7. The van der Waals surface area contributed by atoms with Crippen molar-refractivity contribution in [3.63, 3.8) is 0 Å². The van der Waals surface area contributed by atoms with Crippen LogP contribution in [0.4, 0.5) is 0 Å². The number of hydrogen-bond donors (Lipinski definition) is 1. The molecule has 5 rings (SSSR count). The number of aliphatic carboxylic acids is 1. The van der Waals surface area contributed by atoms with Gasteiger partial charge in [-0.05, 0) is 45.1 Å². The third kappa shape index (κ3) is 4.36. The highest BCUT2D eigenvalue weighted by molar-refractivity contribution is 6.00. The van der Waals surface area contributed by atoms with Crippen LogP contribution in [0.2, 0.25) is 0 Å². The molecular weight excluding hydrogens is 450 g/mol. The number of likely N-dealkylation sites (tertiary alicyclic amines) is 1. The molecule has 3 heterocycles. The van der Waals surface area contributed by atoms with E-state index in [1.807, 2.05) is 44.2 Å². The molecule has 3 aromatic rings. The summed E-state index contributed by atoms with van der Waals surface area (Å²) in [4.78, 5) is 38.4. The molecule has 0 aliphatic carbocycles. The molecule has 2 aliphatic heterocycles. The quantitative estimate of drug-likeness (QED) is 0.553. The van der Waals surface area contributed by atoms with Crippen molar-refractivity contribution < 1.29 is 28.6 Å². The van der Waals surface area contributed by atoms with Crippen LogP contribution in [0.5, 0.6) is 11.5 Å². The molecule has 182 valence electrons. The van der Waals surface area contributed by atoms with Crippen LogP contribution in [0.3, 0.4) is 0 Å². The fourth-order valence-electron chi connectivity index (χ4n) is 4.95. The van der Waals surface area contributed by atoms with Crippen LogP contribution in [0.1, 0.15) is 38.7 Å². The van der Waals surface area contributed by atoms with Gasteiger partial charge in [-0.2, -0.15) is 0 Å². The van der Waals surface area contributed by atoms with Gasteiger partial charge in [0.1, 0.15) is 28.7 Å². The van der Waals surface area contributed by atoms with Crippen LogP contribution in [0.25, 0.3) is 22.1 Å². The van der Waals surface area contributed by atoms with E-state index in [2.05, 4.69) is 0 Å². The van der Waals surface area contributed by atoms with E-state index in [1.165, 1.54) is 11.0 Å². The predicted molar refractivity (Wildman–Crippen MR) is 129 cm³/mol. The molecule has 35 heavy (non-hydrogen) atoms. The monoisotopic (exact) mass is 477 g/mol. The van der Waals surface area contributed by atoms with Crippen molar-refractivity contribution in [2.24, 2.45) is 0 Å². The average Bonchev–Trinajstić information content (AvgIpc) is 3.32. The van der Waals surface area contributed by atoms with Crippen molar-refractivity contribution in [2.75, 3.05) is 13.2 Å². The summed E-state index contributed by atoms with van der Waals surface area (Å²) in [5, 5.41) is 10.0. The summed E-state index contributed by atoms with van der Waals surface area (Å²) < 4.78 is 17.9. The Morgan fingerprint density at radius 1 is 1.20 bits per heavy atom. The van der Waals surface area contributed by atoms with Crippen molar-refractivity contribution in [1.29, 1.82) is 0 Å². The number of fused-ring (bicyclic) bond motifs is 3. The molecule has 1 amide bonds. The Hall–Kier alpha value is -3.81. The lowest BCUT2D eigenvalue weighted by Gasteiger charge is -2.33. The highest BCUT2D eigenvalue weighted by Crippen LogP contribution is 2.44. The summed E-state index contributed by atoms with van der Waals surface area (Å²) in [6, 6.07) is 11.8. The fraction of sp³-hybridized carbons (Fsp3) is 0.370. The van der Waals surface area contributed by atoms with Gasteiger partial charge in [0.15, 0.2) is 6.61 Å². The topological polar surface area (TPSA) is 106 Å². The van der Waals surface area contributed by atoms with Crippen LogP contribution < -0.4 is 15.1 Å². The Bertz CT molecular complexity index is 1360. The third-order valence-electron chi connectivity index (χ3n) is 6.70. The second-order valence-corrected chi connectivity index (χ2v) is 9.63. The van der Waals surface area contributed by atoms with E-state index in [9.17, 15) is 19.5 Å². The molecule has 1 fully saturated rings. The molecule has 0 saturated carbocycles. The first kappa shape index (κ1) is 23.0. The molecule has 0 radical (unpaired) electrons. The van der Waals surface area contributed by atoms with Gasteiger partial charge in [-0.1, -0.05) is 30.3 Å². The number of benzene rings is 2. The predicted octanol–water partition coefficient (Wildman–Crippen LogP) is 4.02. The zero-order valence-corrected chi connectivity index (χ0v) is 19.7. The number of rotatable bonds is 5. The van der Waals surface area contributed by atoms with Crippen molar-refractivity contribution in [3.05, 3.63) is 58.4 Å². The summed E-state index contributed by atoms with van der Waals surface area (Å²) in [6.45, 7) is 4.01. The summed E-state index contributed by atoms with van der Waals surface area (Å²) >= 11 is 0. The smallest absolute Gasteiger partial charge is 0.336 e. The van der Waals surface area contributed by atoms with Crippen LogP contribution in [-0.4, -0.2) is 46.7 Å². The van der Waals surface area contributed by atoms with Crippen LogP contribution in [0.15, 0.2) is 51.7 Å². The van der Waals surface area contributed by atoms with Gasteiger partial charge in [-0.3, -0.25) is 4.79 Å². The molecule has 8 heteroatoms. The van der Waals surface area contributed by atoms with Gasteiger partial charge in [0.05, 0.1) is 5.39 Å². The van der Waals surface area contributed by atoms with Gasteiger partial charge in [-0.15, -0.1) is 0 Å². The van der Waals surface area contributed by atoms with E-state index in [4.69, 9.17) is 13.9 Å². The standard InChI is InChI=1S/C27H27NO7/c1-27(2)11-10-17-20(35-27)14-21(33-15-22(29)28-12-6-9-19(28)26(31)32)24-18(13-23(30)34-25(17)24)16-7-4-3-5-8-16/h3-5,7-8,13-14,19H,6,9-12,15H2,1-2H3,(H,31,32). The number of carboxylic acid groups (broad SMARTS) is 1. The maximum atomic E-state index is 12.9. The van der Waals surface area contributed by atoms with Crippen LogP contribution in [0, 0.1) is 0 Å². The Kier molecular flexibility index (Phi) is 5.75. The Morgan fingerprint density at radius 2 is 1.97 bits per heavy atom. The van der Waals surface area contributed by atoms with Gasteiger partial charge in [0.25, 0.3) is 5.91 Å². The summed E-state index contributed by atoms with van der Waals surface area (Å²) in [5.41, 5.74) is 1.73. The highest BCUT2D eigenvalue weighted by atomic mass is 16.5. The number of amides is 1. The molecule has 8 nitrogen and oxygen atoms in total. The molecular formula is C27H27NO7. The molecule has 1 N–H and O–H groups in total. The molecule has 1 unspecified atom stereocenters. The summed E-state index contributed by atoms with van der Waals surface area (Å²) in [5.74, 6) is -0.521. The van der Waals surface area contributed by atoms with Crippen molar-refractivity contribution in [1.82, 2.24) is 4.90 Å². The molecule has 1 atom stereocenters. The van der Waals surface area contributed by atoms with Gasteiger partial charge < -0.3 is 23.9 Å². The molecule has 0 spiro atoms. The lowest BCUT2D eigenvalue weighted by molar-refractivity contribution is -0.148. The lowest BCUT2D eigenvalue weighted by atomic mass is 9.91. The minimum absolute atomic E-state index is 0.339. The van der Waals surface area contributed by atoms with E-state index < -0.39 is 29.1 Å². The van der Waals surface area contributed by atoms with Gasteiger partial charge in [0, 0.05) is 29.8 Å². The maximum Gasteiger partial charge on any atom is 0.336 e. The Labute approximate surface area is 202 Å². The van der Waals surface area contributed by atoms with Gasteiger partial charge >= 0.3 is 11.6 Å². The highest BCUT2D eigenvalue weighted by Gasteiger charge is 2.35. The largest absolute Gasteiger partial charge is 0.487 e. The SMILES string of the molecule is CC1(C)CCc2c(cc(OCC(=O)N3CCCC3C(=O)O)c3c(-c4ccccc4)cc(=O)oc23)O1. The minimum atomic E-state index is -1.01. The summed E-state index contributed by atoms with van der Waals surface area (Å²) in [6.07, 6.45) is 2.47. The second-order valence-electron chi connectivity index (χ2n) is 9.63. The molecule has 1 saturated heterocycles. The zero-order valence-electron chi connectivity index (χ0n) is 19.7. The van der Waals surface area contributed by atoms with E-state index in [0.29, 0.717) is 53.8 Å². The first-order valence-corrected chi connectivity index (χ1v) is 11.8. The van der Waals surface area contributed by atoms with Crippen molar-refractivity contribution >= 4 is 22.8 Å². The number of aryl methyl sites for hydroxylation is 1. The van der Waals surface area contributed by atoms with E-state index in [1.54, 1.807) is 6.07 Å². The number of nitrogens with zero attached hydrogens (tertiary/aromatic N) is 1. The van der Waals surface area contributed by atoms with E-state index >= 15 is 0 Å². The molecule has 2 aliphatic rings. The molecule has 0 bridgehead atoms. The molecule has 2 aromatic carbocycles. The normalized spacial score (nSPS) is 18.7. The van der Waals surface area contributed by atoms with Crippen molar-refractivity contribution in [3.8, 4) is 22.6 Å². The van der Waals surface area contributed by atoms with E-state index in [-0.39, 0.29) is 6.61 Å². The van der Waals surface area contributed by atoms with Crippen LogP contribution in [-0.2, 0) is 16.0 Å². The third-order valence-corrected chi connectivity index (χ3v) is 6.70. The van der Waals surface area contributed by atoms with Crippen molar-refractivity contribution in [2.45, 2.75) is 51.2 Å². The zero-order chi connectivity index (χ0) is 24.7. The van der Waals surface area contributed by atoms with Crippen LogP contribution >= 0.6 is 0 Å². The van der Waals surface area contributed by atoms with Gasteiger partial charge in [0.2, 0.25) is 0 Å². The number of carboxylic acids is 1. The number of carbonyl (C=O) groups is 2. The minimum Gasteiger partial charge on any atom is -0.487 e. The Morgan fingerprint density at radius 3 is 2.71 bits per heavy atom. The number of carbonyl (C=O) groups excluding carboxylic acids is 1. The molecule has 1 aromatic heterocycles. The lowest BCUT2D eigenvalue weighted by Crippen LogP contribution is -2.42. The van der Waals surface area contributed by atoms with Gasteiger partial charge in [-0.25, -0.2) is 9.59 Å². The summed E-state index contributed by atoms with van der Waals surface area (Å²) in [7, 11) is 0. The average molecular weight is 478 g/mol. The second kappa shape index (κ2) is 8.76. The first-order valence-electron chi connectivity index (χ1n) is 11.8. The maximum absolute atomic E-state index is 12.9.